The van der Waals surface area contributed by atoms with Gasteiger partial charge in [-0.05, 0) is 30.8 Å². The largest absolute Gasteiger partial charge is 0.354 e. The molecule has 4 heterocycles. The molecule has 174 valence electrons. The number of sulfonamides is 1. The molecule has 3 aromatic rings. The number of anilines is 1. The summed E-state index contributed by atoms with van der Waals surface area (Å²) in [5.74, 6) is 0.832. The first-order valence-electron chi connectivity index (χ1n) is 11.5. The highest BCUT2D eigenvalue weighted by Gasteiger charge is 2.28. The summed E-state index contributed by atoms with van der Waals surface area (Å²) in [4.78, 5) is 16.2. The fraction of sp³-hybridized carbons (Fsp3) is 0.417. The van der Waals surface area contributed by atoms with Gasteiger partial charge in [-0.1, -0.05) is 24.3 Å². The maximum Gasteiger partial charge on any atom is 0.244 e. The summed E-state index contributed by atoms with van der Waals surface area (Å²) < 4.78 is 27.4. The van der Waals surface area contributed by atoms with Crippen LogP contribution in [0, 0.1) is 0 Å². The van der Waals surface area contributed by atoms with Gasteiger partial charge in [0.1, 0.15) is 10.7 Å². The van der Waals surface area contributed by atoms with Crippen molar-refractivity contribution < 1.29 is 8.42 Å². The van der Waals surface area contributed by atoms with Gasteiger partial charge < -0.3 is 9.80 Å². The fourth-order valence-electron chi connectivity index (χ4n) is 4.56. The van der Waals surface area contributed by atoms with E-state index in [0.717, 1.165) is 57.1 Å². The number of pyridine rings is 2. The van der Waals surface area contributed by atoms with E-state index in [-0.39, 0.29) is 4.90 Å². The van der Waals surface area contributed by atoms with Gasteiger partial charge in [0.05, 0.1) is 5.52 Å². The highest BCUT2D eigenvalue weighted by molar-refractivity contribution is 7.89. The number of aromatic nitrogens is 2. The van der Waals surface area contributed by atoms with Crippen LogP contribution in [-0.2, 0) is 16.6 Å². The van der Waals surface area contributed by atoms with Gasteiger partial charge in [0.25, 0.3) is 0 Å². The predicted octanol–water partition coefficient (Wildman–Crippen LogP) is 1.89. The molecule has 33 heavy (non-hydrogen) atoms. The Kier molecular flexibility index (Phi) is 6.29. The van der Waals surface area contributed by atoms with Gasteiger partial charge in [0, 0.05) is 76.7 Å². The van der Waals surface area contributed by atoms with Gasteiger partial charge in [-0.2, -0.15) is 4.31 Å². The SMILES string of the molecule is CN1CCN(S(=O)(=O)c2ccc(N3CCN(Cc4cccc5cccnc45)CC3)nc2)CC1. The molecular formula is C24H30N6O2S. The molecule has 8 nitrogen and oxygen atoms in total. The quantitative estimate of drug-likeness (QED) is 0.569. The molecule has 0 N–H and O–H groups in total. The van der Waals surface area contributed by atoms with Gasteiger partial charge in [-0.15, -0.1) is 0 Å². The van der Waals surface area contributed by atoms with Crippen LogP contribution >= 0.6 is 0 Å². The normalized spacial score (nSPS) is 19.2. The molecule has 0 radical (unpaired) electrons. The number of rotatable bonds is 5. The van der Waals surface area contributed by atoms with Gasteiger partial charge in [0.15, 0.2) is 0 Å². The van der Waals surface area contributed by atoms with Crippen molar-refractivity contribution in [2.24, 2.45) is 0 Å². The number of nitrogens with zero attached hydrogens (tertiary/aromatic N) is 6. The van der Waals surface area contributed by atoms with Gasteiger partial charge >= 0.3 is 0 Å². The van der Waals surface area contributed by atoms with Crippen molar-refractivity contribution in [1.29, 1.82) is 0 Å². The van der Waals surface area contributed by atoms with E-state index in [4.69, 9.17) is 0 Å². The molecule has 0 saturated carbocycles. The van der Waals surface area contributed by atoms with Crippen molar-refractivity contribution >= 4 is 26.7 Å². The molecule has 2 fully saturated rings. The summed E-state index contributed by atoms with van der Waals surface area (Å²) in [7, 11) is -1.47. The Labute approximate surface area is 195 Å². The Morgan fingerprint density at radius 1 is 0.848 bits per heavy atom. The highest BCUT2D eigenvalue weighted by Crippen LogP contribution is 2.22. The minimum atomic E-state index is -3.48. The Morgan fingerprint density at radius 2 is 1.61 bits per heavy atom. The van der Waals surface area contributed by atoms with E-state index in [1.165, 1.54) is 17.1 Å². The minimum absolute atomic E-state index is 0.276. The molecule has 2 aliphatic heterocycles. The second kappa shape index (κ2) is 9.34. The monoisotopic (exact) mass is 466 g/mol. The van der Waals surface area contributed by atoms with Gasteiger partial charge in [-0.3, -0.25) is 9.88 Å². The lowest BCUT2D eigenvalue weighted by Gasteiger charge is -2.35. The number of likely N-dealkylation sites (N-methyl/N-ethyl adjacent to an activating group) is 1. The fourth-order valence-corrected chi connectivity index (χ4v) is 5.93. The van der Waals surface area contributed by atoms with Gasteiger partial charge in [-0.25, -0.2) is 13.4 Å². The lowest BCUT2D eigenvalue weighted by Crippen LogP contribution is -2.47. The van der Waals surface area contributed by atoms with Crippen LogP contribution in [-0.4, -0.2) is 91.9 Å². The van der Waals surface area contributed by atoms with Crippen LogP contribution in [0.15, 0.2) is 59.8 Å². The standard InChI is InChI=1S/C24H30N6O2S/c1-27-10-16-30(17-11-27)33(31,32)22-7-8-23(26-18-22)29-14-12-28(13-15-29)19-21-5-2-4-20-6-3-9-25-24(20)21/h2-9,18H,10-17,19H2,1H3. The molecule has 2 saturated heterocycles. The molecule has 0 amide bonds. The molecule has 0 atom stereocenters. The van der Waals surface area contributed by atoms with E-state index >= 15 is 0 Å². The number of hydrogen-bond acceptors (Lipinski definition) is 7. The molecule has 2 aliphatic rings. The first kappa shape index (κ1) is 22.2. The topological polar surface area (TPSA) is 72.9 Å². The maximum atomic E-state index is 12.9. The number of hydrogen-bond donors (Lipinski definition) is 0. The number of para-hydroxylation sites is 1. The van der Waals surface area contributed by atoms with Crippen LogP contribution in [0.1, 0.15) is 5.56 Å². The lowest BCUT2D eigenvalue weighted by atomic mass is 10.1. The van der Waals surface area contributed by atoms with Crippen molar-refractivity contribution in [2.75, 3.05) is 64.3 Å². The maximum absolute atomic E-state index is 12.9. The molecule has 2 aromatic heterocycles. The van der Waals surface area contributed by atoms with Crippen molar-refractivity contribution in [2.45, 2.75) is 11.4 Å². The van der Waals surface area contributed by atoms with Crippen LogP contribution in [0.2, 0.25) is 0 Å². The number of piperazine rings is 2. The summed E-state index contributed by atoms with van der Waals surface area (Å²) in [5, 5.41) is 1.17. The Bertz CT molecular complexity index is 1200. The molecule has 0 unspecified atom stereocenters. The van der Waals surface area contributed by atoms with Crippen LogP contribution in [0.3, 0.4) is 0 Å². The van der Waals surface area contributed by atoms with Crippen LogP contribution in [0.5, 0.6) is 0 Å². The zero-order valence-corrected chi connectivity index (χ0v) is 19.8. The number of fused-ring (bicyclic) bond motifs is 1. The molecule has 0 spiro atoms. The van der Waals surface area contributed by atoms with Gasteiger partial charge in [0.2, 0.25) is 10.0 Å². The van der Waals surface area contributed by atoms with Crippen molar-refractivity contribution in [3.05, 3.63) is 60.4 Å². The summed E-state index contributed by atoms with van der Waals surface area (Å²) in [6.45, 7) is 6.99. The summed E-state index contributed by atoms with van der Waals surface area (Å²) in [6.07, 6.45) is 3.36. The predicted molar refractivity (Wildman–Crippen MR) is 130 cm³/mol. The molecule has 0 aliphatic carbocycles. The van der Waals surface area contributed by atoms with E-state index < -0.39 is 10.0 Å². The Hall–Kier alpha value is -2.59. The second-order valence-corrected chi connectivity index (χ2v) is 10.8. The smallest absolute Gasteiger partial charge is 0.244 e. The lowest BCUT2D eigenvalue weighted by molar-refractivity contribution is 0.222. The average molecular weight is 467 g/mol. The minimum Gasteiger partial charge on any atom is -0.354 e. The molecule has 1 aromatic carbocycles. The zero-order chi connectivity index (χ0) is 22.8. The third-order valence-corrected chi connectivity index (χ3v) is 8.51. The average Bonchev–Trinajstić information content (AvgIpc) is 2.85. The van der Waals surface area contributed by atoms with E-state index in [1.54, 1.807) is 10.4 Å². The van der Waals surface area contributed by atoms with Crippen LogP contribution in [0.25, 0.3) is 10.9 Å². The van der Waals surface area contributed by atoms with Crippen molar-refractivity contribution in [3.8, 4) is 0 Å². The summed E-state index contributed by atoms with van der Waals surface area (Å²) in [5.41, 5.74) is 2.32. The summed E-state index contributed by atoms with van der Waals surface area (Å²) >= 11 is 0. The molecule has 0 bridgehead atoms. The third kappa shape index (κ3) is 4.72. The van der Waals surface area contributed by atoms with Crippen molar-refractivity contribution in [3.63, 3.8) is 0 Å². The van der Waals surface area contributed by atoms with Crippen LogP contribution < -0.4 is 4.90 Å². The number of benzene rings is 1. The van der Waals surface area contributed by atoms with E-state index in [0.29, 0.717) is 13.1 Å². The van der Waals surface area contributed by atoms with Crippen LogP contribution in [0.4, 0.5) is 5.82 Å². The van der Waals surface area contributed by atoms with Crippen molar-refractivity contribution in [1.82, 2.24) is 24.1 Å². The Morgan fingerprint density at radius 3 is 2.33 bits per heavy atom. The van der Waals surface area contributed by atoms with E-state index in [2.05, 4.69) is 48.9 Å². The Balaban J connectivity index is 1.21. The zero-order valence-electron chi connectivity index (χ0n) is 19.0. The highest BCUT2D eigenvalue weighted by atomic mass is 32.2. The summed E-state index contributed by atoms with van der Waals surface area (Å²) in [6, 6.07) is 14.0. The van der Waals surface area contributed by atoms with E-state index in [1.807, 2.05) is 25.4 Å². The third-order valence-electron chi connectivity index (χ3n) is 6.63. The molecule has 9 heteroatoms. The first-order chi connectivity index (χ1) is 16.0. The molecule has 5 rings (SSSR count). The first-order valence-corrected chi connectivity index (χ1v) is 12.9. The van der Waals surface area contributed by atoms with E-state index in [9.17, 15) is 8.42 Å². The molecular weight excluding hydrogens is 436 g/mol. The second-order valence-electron chi connectivity index (χ2n) is 8.81.